The number of carbonyl (C=O) groups excluding carboxylic acids is 2. The Labute approximate surface area is 209 Å². The summed E-state index contributed by atoms with van der Waals surface area (Å²) < 4.78 is 0. The van der Waals surface area contributed by atoms with Crippen LogP contribution in [0.15, 0.2) is 83.8 Å². The van der Waals surface area contributed by atoms with Crippen LogP contribution in [0.25, 0.3) is 0 Å². The van der Waals surface area contributed by atoms with E-state index in [1.165, 1.54) is 11.8 Å². The molecule has 7 heteroatoms. The molecule has 0 heterocycles. The molecule has 3 rings (SSSR count). The second-order valence-corrected chi connectivity index (χ2v) is 9.35. The average Bonchev–Trinajstić information content (AvgIpc) is 2.82. The molecule has 0 aromatic heterocycles. The van der Waals surface area contributed by atoms with E-state index in [1.807, 2.05) is 67.6 Å². The first-order valence-electron chi connectivity index (χ1n) is 10.7. The fraction of sp³-hybridized carbons (Fsp3) is 0.231. The Balaban J connectivity index is 1.91. The molecule has 0 bridgehead atoms. The number of hydrogen-bond donors (Lipinski definition) is 1. The number of hydrogen-bond acceptors (Lipinski definition) is 3. The predicted octanol–water partition coefficient (Wildman–Crippen LogP) is 5.86. The van der Waals surface area contributed by atoms with Gasteiger partial charge in [-0.05, 0) is 42.3 Å². The summed E-state index contributed by atoms with van der Waals surface area (Å²) in [6, 6.07) is 23.9. The third-order valence-corrected chi connectivity index (χ3v) is 6.67. The quantitative estimate of drug-likeness (QED) is 0.354. The Morgan fingerprint density at radius 3 is 2.27 bits per heavy atom. The topological polar surface area (TPSA) is 49.4 Å². The third-order valence-electron chi connectivity index (χ3n) is 5.08. The summed E-state index contributed by atoms with van der Waals surface area (Å²) in [5, 5.41) is 3.87. The van der Waals surface area contributed by atoms with Crippen LogP contribution in [-0.2, 0) is 22.6 Å². The van der Waals surface area contributed by atoms with Crippen molar-refractivity contribution in [1.82, 2.24) is 10.2 Å². The first kappa shape index (κ1) is 25.2. The standard InChI is InChI=1S/C26H26Cl2N2O2S/c1-2-29-26(32)24(15-19-9-5-3-6-10-19)30(17-20-13-14-21(27)16-23(20)28)25(31)18-33-22-11-7-4-8-12-22/h3-14,16,24H,2,15,17-18H2,1H3,(H,29,32)/t24-/m0/s1. The van der Waals surface area contributed by atoms with Crippen molar-refractivity contribution in [2.45, 2.75) is 30.8 Å². The molecule has 172 valence electrons. The van der Waals surface area contributed by atoms with Gasteiger partial charge in [-0.25, -0.2) is 0 Å². The molecule has 1 N–H and O–H groups in total. The van der Waals surface area contributed by atoms with Crippen LogP contribution in [0.5, 0.6) is 0 Å². The highest BCUT2D eigenvalue weighted by molar-refractivity contribution is 8.00. The van der Waals surface area contributed by atoms with Crippen molar-refractivity contribution in [3.63, 3.8) is 0 Å². The molecule has 4 nitrogen and oxygen atoms in total. The number of likely N-dealkylation sites (N-methyl/N-ethyl adjacent to an activating group) is 1. The number of halogens is 2. The van der Waals surface area contributed by atoms with E-state index in [-0.39, 0.29) is 24.1 Å². The summed E-state index contributed by atoms with van der Waals surface area (Å²) in [6.45, 7) is 2.55. The molecule has 0 aliphatic heterocycles. The molecular weight excluding hydrogens is 475 g/mol. The van der Waals surface area contributed by atoms with Gasteiger partial charge in [-0.3, -0.25) is 9.59 Å². The SMILES string of the molecule is CCNC(=O)[C@H](Cc1ccccc1)N(Cc1ccc(Cl)cc1Cl)C(=O)CSc1ccccc1. The molecule has 0 radical (unpaired) electrons. The predicted molar refractivity (Wildman–Crippen MR) is 137 cm³/mol. The molecule has 33 heavy (non-hydrogen) atoms. The van der Waals surface area contributed by atoms with Crippen LogP contribution in [-0.4, -0.2) is 35.1 Å². The molecule has 0 unspecified atom stereocenters. The van der Waals surface area contributed by atoms with E-state index in [2.05, 4.69) is 5.32 Å². The number of carbonyl (C=O) groups is 2. The van der Waals surface area contributed by atoms with Crippen molar-refractivity contribution in [2.24, 2.45) is 0 Å². The summed E-state index contributed by atoms with van der Waals surface area (Å²) in [7, 11) is 0. The number of thioether (sulfide) groups is 1. The van der Waals surface area contributed by atoms with E-state index in [0.717, 1.165) is 16.0 Å². The van der Waals surface area contributed by atoms with E-state index in [1.54, 1.807) is 23.1 Å². The van der Waals surface area contributed by atoms with Gasteiger partial charge >= 0.3 is 0 Å². The van der Waals surface area contributed by atoms with Crippen molar-refractivity contribution in [3.8, 4) is 0 Å². The molecule has 3 aromatic carbocycles. The first-order chi connectivity index (χ1) is 16.0. The number of amides is 2. The zero-order valence-corrected chi connectivity index (χ0v) is 20.7. The zero-order valence-electron chi connectivity index (χ0n) is 18.3. The van der Waals surface area contributed by atoms with Crippen molar-refractivity contribution in [1.29, 1.82) is 0 Å². The molecule has 0 spiro atoms. The van der Waals surface area contributed by atoms with Gasteiger partial charge in [0.15, 0.2) is 0 Å². The highest BCUT2D eigenvalue weighted by Crippen LogP contribution is 2.25. The van der Waals surface area contributed by atoms with Crippen molar-refractivity contribution in [3.05, 3.63) is 100 Å². The van der Waals surface area contributed by atoms with Gasteiger partial charge in [0, 0.05) is 34.5 Å². The molecule has 0 aliphatic carbocycles. The smallest absolute Gasteiger partial charge is 0.243 e. The van der Waals surface area contributed by atoms with Gasteiger partial charge in [0.05, 0.1) is 5.75 Å². The Kier molecular flexibility index (Phi) is 9.67. The highest BCUT2D eigenvalue weighted by Gasteiger charge is 2.30. The van der Waals surface area contributed by atoms with Crippen LogP contribution in [0.2, 0.25) is 10.0 Å². The van der Waals surface area contributed by atoms with Crippen molar-refractivity contribution >= 4 is 46.8 Å². The molecule has 1 atom stereocenters. The van der Waals surface area contributed by atoms with Gasteiger partial charge in [-0.2, -0.15) is 0 Å². The van der Waals surface area contributed by atoms with Gasteiger partial charge in [0.25, 0.3) is 0 Å². The number of benzene rings is 3. The number of nitrogens with one attached hydrogen (secondary N) is 1. The Morgan fingerprint density at radius 1 is 0.970 bits per heavy atom. The Morgan fingerprint density at radius 2 is 1.64 bits per heavy atom. The van der Waals surface area contributed by atoms with Crippen LogP contribution in [0, 0.1) is 0 Å². The minimum Gasteiger partial charge on any atom is -0.355 e. The van der Waals surface area contributed by atoms with E-state index in [4.69, 9.17) is 23.2 Å². The third kappa shape index (κ3) is 7.53. The second-order valence-electron chi connectivity index (χ2n) is 7.46. The van der Waals surface area contributed by atoms with E-state index >= 15 is 0 Å². The summed E-state index contributed by atoms with van der Waals surface area (Å²) in [5.74, 6) is -0.119. The maximum atomic E-state index is 13.5. The maximum Gasteiger partial charge on any atom is 0.243 e. The monoisotopic (exact) mass is 500 g/mol. The second kappa shape index (κ2) is 12.7. The van der Waals surface area contributed by atoms with Crippen LogP contribution in [0.3, 0.4) is 0 Å². The zero-order chi connectivity index (χ0) is 23.6. The van der Waals surface area contributed by atoms with Gasteiger partial charge in [0.2, 0.25) is 11.8 Å². The highest BCUT2D eigenvalue weighted by atomic mass is 35.5. The van der Waals surface area contributed by atoms with Gasteiger partial charge in [0.1, 0.15) is 6.04 Å². The molecule has 0 fully saturated rings. The normalized spacial score (nSPS) is 11.6. The minimum absolute atomic E-state index is 0.137. The lowest BCUT2D eigenvalue weighted by atomic mass is 10.0. The summed E-state index contributed by atoms with van der Waals surface area (Å²) in [5.41, 5.74) is 1.71. The Hall–Kier alpha value is -2.47. The molecule has 0 aliphatic rings. The fourth-order valence-electron chi connectivity index (χ4n) is 3.42. The Bertz CT molecular complexity index is 1060. The molecule has 2 amide bonds. The molecule has 0 saturated carbocycles. The van der Waals surface area contributed by atoms with Gasteiger partial charge < -0.3 is 10.2 Å². The van der Waals surface area contributed by atoms with Gasteiger partial charge in [-0.15, -0.1) is 11.8 Å². The maximum absolute atomic E-state index is 13.5. The molecule has 0 saturated heterocycles. The summed E-state index contributed by atoms with van der Waals surface area (Å²) in [6.07, 6.45) is 0.402. The largest absolute Gasteiger partial charge is 0.355 e. The van der Waals surface area contributed by atoms with Gasteiger partial charge in [-0.1, -0.05) is 77.8 Å². The summed E-state index contributed by atoms with van der Waals surface area (Å²) in [4.78, 5) is 29.2. The minimum atomic E-state index is -0.678. The van der Waals surface area contributed by atoms with E-state index in [9.17, 15) is 9.59 Å². The molecule has 3 aromatic rings. The van der Waals surface area contributed by atoms with Crippen LogP contribution < -0.4 is 5.32 Å². The summed E-state index contributed by atoms with van der Waals surface area (Å²) >= 11 is 13.9. The lowest BCUT2D eigenvalue weighted by Crippen LogP contribution is -2.51. The van der Waals surface area contributed by atoms with Crippen molar-refractivity contribution in [2.75, 3.05) is 12.3 Å². The van der Waals surface area contributed by atoms with Crippen LogP contribution >= 0.6 is 35.0 Å². The van der Waals surface area contributed by atoms with Crippen LogP contribution in [0.1, 0.15) is 18.1 Å². The number of nitrogens with zero attached hydrogens (tertiary/aromatic N) is 1. The lowest BCUT2D eigenvalue weighted by Gasteiger charge is -2.31. The lowest BCUT2D eigenvalue weighted by molar-refractivity contribution is -0.139. The van der Waals surface area contributed by atoms with E-state index in [0.29, 0.717) is 23.0 Å². The average molecular weight is 501 g/mol. The number of rotatable bonds is 10. The van der Waals surface area contributed by atoms with E-state index < -0.39 is 6.04 Å². The van der Waals surface area contributed by atoms with Crippen molar-refractivity contribution < 1.29 is 9.59 Å². The molecular formula is C26H26Cl2N2O2S. The van der Waals surface area contributed by atoms with Crippen LogP contribution in [0.4, 0.5) is 0 Å². The first-order valence-corrected chi connectivity index (χ1v) is 12.4. The fourth-order valence-corrected chi connectivity index (χ4v) is 4.70.